The van der Waals surface area contributed by atoms with Gasteiger partial charge in [-0.25, -0.2) is 8.78 Å². The fourth-order valence-corrected chi connectivity index (χ4v) is 1.46. The van der Waals surface area contributed by atoms with E-state index in [0.717, 1.165) is 10.8 Å². The molecular formula is C11H9F2N. The molecule has 2 N–H and O–H groups in total. The van der Waals surface area contributed by atoms with E-state index in [4.69, 9.17) is 5.73 Å². The number of fused-ring (bicyclic) bond motifs is 1. The first-order valence-corrected chi connectivity index (χ1v) is 4.25. The Morgan fingerprint density at radius 1 is 1.07 bits per heavy atom. The molecule has 2 rings (SSSR count). The summed E-state index contributed by atoms with van der Waals surface area (Å²) in [6.07, 6.45) is -2.43. The molecule has 0 amide bonds. The third kappa shape index (κ3) is 1.41. The van der Waals surface area contributed by atoms with Crippen LogP contribution >= 0.6 is 0 Å². The van der Waals surface area contributed by atoms with Gasteiger partial charge in [-0.15, -0.1) is 0 Å². The lowest BCUT2D eigenvalue weighted by Gasteiger charge is -2.04. The highest BCUT2D eigenvalue weighted by Gasteiger charge is 2.07. The van der Waals surface area contributed by atoms with Gasteiger partial charge in [-0.3, -0.25) is 0 Å². The summed E-state index contributed by atoms with van der Waals surface area (Å²) in [5.41, 5.74) is 6.34. The minimum atomic E-state index is -2.43. The molecule has 2 aromatic rings. The highest BCUT2D eigenvalue weighted by Crippen LogP contribution is 2.26. The van der Waals surface area contributed by atoms with Crippen molar-refractivity contribution in [1.82, 2.24) is 0 Å². The quantitative estimate of drug-likeness (QED) is 0.690. The fraction of sp³-hybridized carbons (Fsp3) is 0.0909. The number of alkyl halides is 2. The second kappa shape index (κ2) is 3.25. The van der Waals surface area contributed by atoms with Crippen LogP contribution in [-0.2, 0) is 0 Å². The van der Waals surface area contributed by atoms with Crippen LogP contribution in [0.25, 0.3) is 10.8 Å². The Hall–Kier alpha value is -1.64. The number of hydrogen-bond donors (Lipinski definition) is 1. The summed E-state index contributed by atoms with van der Waals surface area (Å²) in [5, 5.41) is 1.57. The zero-order valence-electron chi connectivity index (χ0n) is 7.37. The average Bonchev–Trinajstić information content (AvgIpc) is 2.17. The molecule has 0 atom stereocenters. The Labute approximate surface area is 80.1 Å². The fourth-order valence-electron chi connectivity index (χ4n) is 1.46. The monoisotopic (exact) mass is 193 g/mol. The van der Waals surface area contributed by atoms with E-state index in [-0.39, 0.29) is 5.56 Å². The third-order valence-corrected chi connectivity index (χ3v) is 2.19. The van der Waals surface area contributed by atoms with Crippen LogP contribution in [0, 0.1) is 0 Å². The van der Waals surface area contributed by atoms with Gasteiger partial charge in [0.1, 0.15) is 0 Å². The zero-order chi connectivity index (χ0) is 10.1. The maximum Gasteiger partial charge on any atom is 0.263 e. The van der Waals surface area contributed by atoms with Gasteiger partial charge in [-0.2, -0.15) is 0 Å². The molecule has 0 aromatic heterocycles. The number of anilines is 1. The van der Waals surface area contributed by atoms with Gasteiger partial charge in [-0.1, -0.05) is 24.3 Å². The molecule has 2 aromatic carbocycles. The summed E-state index contributed by atoms with van der Waals surface area (Å²) in [7, 11) is 0. The van der Waals surface area contributed by atoms with Crippen LogP contribution in [0.15, 0.2) is 36.4 Å². The number of nitrogens with two attached hydrogens (primary N) is 1. The van der Waals surface area contributed by atoms with Crippen molar-refractivity contribution in [2.75, 3.05) is 5.73 Å². The molecule has 0 saturated carbocycles. The minimum Gasteiger partial charge on any atom is -0.398 e. The molecule has 0 unspecified atom stereocenters. The van der Waals surface area contributed by atoms with E-state index in [1.807, 2.05) is 0 Å². The number of rotatable bonds is 1. The van der Waals surface area contributed by atoms with Crippen molar-refractivity contribution >= 4 is 16.5 Å². The first kappa shape index (κ1) is 8.94. The first-order valence-electron chi connectivity index (χ1n) is 4.25. The summed E-state index contributed by atoms with van der Waals surface area (Å²) in [6.45, 7) is 0. The SMILES string of the molecule is Nc1cccc2cc(C(F)F)ccc12. The molecule has 1 nitrogen and oxygen atoms in total. The van der Waals surface area contributed by atoms with Crippen LogP contribution in [-0.4, -0.2) is 0 Å². The first-order chi connectivity index (χ1) is 6.68. The van der Waals surface area contributed by atoms with Crippen LogP contribution in [0.3, 0.4) is 0 Å². The number of benzene rings is 2. The molecule has 0 heterocycles. The van der Waals surface area contributed by atoms with E-state index >= 15 is 0 Å². The predicted octanol–water partition coefficient (Wildman–Crippen LogP) is 3.36. The summed E-state index contributed by atoms with van der Waals surface area (Å²) in [5.74, 6) is 0. The Bertz CT molecular complexity index is 466. The Morgan fingerprint density at radius 2 is 1.86 bits per heavy atom. The van der Waals surface area contributed by atoms with Gasteiger partial charge in [0.15, 0.2) is 0 Å². The van der Waals surface area contributed by atoms with Crippen LogP contribution in [0.1, 0.15) is 12.0 Å². The van der Waals surface area contributed by atoms with E-state index in [0.29, 0.717) is 5.69 Å². The molecule has 0 saturated heterocycles. The molecule has 14 heavy (non-hydrogen) atoms. The summed E-state index contributed by atoms with van der Waals surface area (Å²) >= 11 is 0. The molecule has 0 fully saturated rings. The molecule has 0 spiro atoms. The van der Waals surface area contributed by atoms with Gasteiger partial charge in [-0.05, 0) is 17.5 Å². The van der Waals surface area contributed by atoms with Crippen LogP contribution < -0.4 is 5.73 Å². The Balaban J connectivity index is 2.67. The van der Waals surface area contributed by atoms with Gasteiger partial charge in [0, 0.05) is 16.6 Å². The van der Waals surface area contributed by atoms with Crippen LogP contribution in [0.5, 0.6) is 0 Å². The second-order valence-corrected chi connectivity index (χ2v) is 3.13. The van der Waals surface area contributed by atoms with Crippen molar-refractivity contribution in [3.63, 3.8) is 0 Å². The van der Waals surface area contributed by atoms with Gasteiger partial charge < -0.3 is 5.73 Å². The van der Waals surface area contributed by atoms with Crippen molar-refractivity contribution in [2.24, 2.45) is 0 Å². The molecule has 72 valence electrons. The smallest absolute Gasteiger partial charge is 0.263 e. The van der Waals surface area contributed by atoms with Crippen molar-refractivity contribution in [1.29, 1.82) is 0 Å². The number of halogens is 2. The van der Waals surface area contributed by atoms with Crippen molar-refractivity contribution < 1.29 is 8.78 Å². The van der Waals surface area contributed by atoms with Crippen LogP contribution in [0.2, 0.25) is 0 Å². The molecule has 0 aliphatic heterocycles. The van der Waals surface area contributed by atoms with E-state index in [2.05, 4.69) is 0 Å². The zero-order valence-corrected chi connectivity index (χ0v) is 7.37. The van der Waals surface area contributed by atoms with E-state index in [1.54, 1.807) is 24.3 Å². The van der Waals surface area contributed by atoms with Gasteiger partial charge in [0.2, 0.25) is 0 Å². The summed E-state index contributed by atoms with van der Waals surface area (Å²) in [6, 6.07) is 9.79. The number of hydrogen-bond acceptors (Lipinski definition) is 1. The maximum atomic E-state index is 12.4. The molecule has 0 aliphatic rings. The van der Waals surface area contributed by atoms with Gasteiger partial charge in [0.05, 0.1) is 0 Å². The maximum absolute atomic E-state index is 12.4. The predicted molar refractivity (Wildman–Crippen MR) is 53.3 cm³/mol. The lowest BCUT2D eigenvalue weighted by Crippen LogP contribution is -1.88. The van der Waals surface area contributed by atoms with Crippen molar-refractivity contribution in [2.45, 2.75) is 6.43 Å². The average molecular weight is 193 g/mol. The van der Waals surface area contributed by atoms with E-state index < -0.39 is 6.43 Å². The lowest BCUT2D eigenvalue weighted by molar-refractivity contribution is 0.151. The summed E-state index contributed by atoms with van der Waals surface area (Å²) < 4.78 is 24.7. The normalized spacial score (nSPS) is 11.1. The Kier molecular flexibility index (Phi) is 2.08. The molecule has 3 heteroatoms. The number of nitrogen functional groups attached to an aromatic ring is 1. The summed E-state index contributed by atoms with van der Waals surface area (Å²) in [4.78, 5) is 0. The molecule has 0 radical (unpaired) electrons. The highest BCUT2D eigenvalue weighted by molar-refractivity contribution is 5.93. The highest BCUT2D eigenvalue weighted by atomic mass is 19.3. The lowest BCUT2D eigenvalue weighted by atomic mass is 10.1. The topological polar surface area (TPSA) is 26.0 Å². The molecular weight excluding hydrogens is 184 g/mol. The third-order valence-electron chi connectivity index (χ3n) is 2.19. The second-order valence-electron chi connectivity index (χ2n) is 3.13. The largest absolute Gasteiger partial charge is 0.398 e. The van der Waals surface area contributed by atoms with Crippen molar-refractivity contribution in [3.05, 3.63) is 42.0 Å². The minimum absolute atomic E-state index is 0.0306. The Morgan fingerprint density at radius 3 is 2.57 bits per heavy atom. The van der Waals surface area contributed by atoms with E-state index in [1.165, 1.54) is 12.1 Å². The van der Waals surface area contributed by atoms with Gasteiger partial charge in [0.25, 0.3) is 6.43 Å². The standard InChI is InChI=1S/C11H9F2N/c12-11(13)8-4-5-9-7(6-8)2-1-3-10(9)14/h1-6,11H,14H2. The van der Waals surface area contributed by atoms with E-state index in [9.17, 15) is 8.78 Å². The van der Waals surface area contributed by atoms with Crippen molar-refractivity contribution in [3.8, 4) is 0 Å². The molecule has 0 bridgehead atoms. The van der Waals surface area contributed by atoms with Crippen LogP contribution in [0.4, 0.5) is 14.5 Å². The van der Waals surface area contributed by atoms with Gasteiger partial charge >= 0.3 is 0 Å². The molecule has 0 aliphatic carbocycles.